The van der Waals surface area contributed by atoms with Gasteiger partial charge in [-0.1, -0.05) is 0 Å². The zero-order valence-electron chi connectivity index (χ0n) is 27.5. The van der Waals surface area contributed by atoms with Crippen LogP contribution in [0.5, 0.6) is 0 Å². The van der Waals surface area contributed by atoms with Crippen LogP contribution in [0.1, 0.15) is 26.2 Å². The molecule has 1 heterocycles. The molecule has 15 heteroatoms. The van der Waals surface area contributed by atoms with Gasteiger partial charge in [0.15, 0.2) is 5.78 Å². The molecule has 0 bridgehead atoms. The van der Waals surface area contributed by atoms with E-state index in [1.807, 2.05) is 6.92 Å². The molecule has 258 valence electrons. The highest BCUT2D eigenvalue weighted by molar-refractivity contribution is 6.44. The second-order valence-corrected chi connectivity index (χ2v) is 10.6. The largest absolute Gasteiger partial charge is 0.379 e. The molecule has 0 spiro atoms. The van der Waals surface area contributed by atoms with Crippen LogP contribution >= 0.6 is 0 Å². The van der Waals surface area contributed by atoms with Gasteiger partial charge in [0.05, 0.1) is 124 Å². The van der Waals surface area contributed by atoms with Crippen LogP contribution in [-0.4, -0.2) is 166 Å². The number of likely N-dealkylation sites (N-methyl/N-ethyl adjacent to an activating group) is 1. The van der Waals surface area contributed by atoms with Crippen LogP contribution in [0.4, 0.5) is 0 Å². The third-order valence-electron chi connectivity index (χ3n) is 6.33. The summed E-state index contributed by atoms with van der Waals surface area (Å²) < 4.78 is 39.4. The van der Waals surface area contributed by atoms with Gasteiger partial charge in [0.25, 0.3) is 5.70 Å². The minimum atomic E-state index is -0.519. The SMILES string of the molecule is CCN=C=NCCC[N+](C)(C)CCOCCOCCOCCOCCOCCOCCOCCCC(=O)C1=NCC([N+](=O)[O-])=C1. The van der Waals surface area contributed by atoms with Crippen molar-refractivity contribution in [3.05, 3.63) is 21.9 Å². The Morgan fingerprint density at radius 3 is 1.76 bits per heavy atom. The van der Waals surface area contributed by atoms with Crippen LogP contribution in [0.15, 0.2) is 26.8 Å². The minimum Gasteiger partial charge on any atom is -0.379 e. The Morgan fingerprint density at radius 1 is 0.800 bits per heavy atom. The van der Waals surface area contributed by atoms with E-state index >= 15 is 0 Å². The van der Waals surface area contributed by atoms with Crippen molar-refractivity contribution in [2.45, 2.75) is 26.2 Å². The van der Waals surface area contributed by atoms with E-state index < -0.39 is 4.92 Å². The second kappa shape index (κ2) is 27.8. The average molecular weight is 645 g/mol. The Labute approximate surface area is 267 Å². The molecular formula is C30H54N5O10+. The molecule has 1 aliphatic rings. The van der Waals surface area contributed by atoms with Crippen molar-refractivity contribution in [3.8, 4) is 0 Å². The van der Waals surface area contributed by atoms with Gasteiger partial charge in [0, 0.05) is 32.1 Å². The highest BCUT2D eigenvalue weighted by atomic mass is 16.6. The van der Waals surface area contributed by atoms with E-state index in [0.717, 1.165) is 37.1 Å². The number of aliphatic imine (C=N–C) groups is 3. The molecule has 15 nitrogen and oxygen atoms in total. The number of quaternary nitrogens is 1. The first-order valence-electron chi connectivity index (χ1n) is 15.7. The Kier molecular flexibility index (Phi) is 25.1. The molecule has 0 aromatic carbocycles. The second-order valence-electron chi connectivity index (χ2n) is 10.6. The molecule has 45 heavy (non-hydrogen) atoms. The molecule has 0 aromatic rings. The smallest absolute Gasteiger partial charge is 0.269 e. The summed E-state index contributed by atoms with van der Waals surface area (Å²) in [7, 11) is 4.39. The number of nitro groups is 1. The topological polar surface area (TPSA) is 162 Å². The Morgan fingerprint density at radius 2 is 1.29 bits per heavy atom. The van der Waals surface area contributed by atoms with Crippen LogP contribution in [0.3, 0.4) is 0 Å². The van der Waals surface area contributed by atoms with E-state index in [9.17, 15) is 14.9 Å². The summed E-state index contributed by atoms with van der Waals surface area (Å²) in [4.78, 5) is 34.1. The highest BCUT2D eigenvalue weighted by Gasteiger charge is 2.22. The number of rotatable bonds is 32. The lowest BCUT2D eigenvalue weighted by molar-refractivity contribution is -0.890. The molecule has 0 saturated heterocycles. The van der Waals surface area contributed by atoms with Gasteiger partial charge in [0.2, 0.25) is 0 Å². The molecule has 0 N–H and O–H groups in total. The predicted molar refractivity (Wildman–Crippen MR) is 169 cm³/mol. The quantitative estimate of drug-likeness (QED) is 0.0347. The van der Waals surface area contributed by atoms with Crippen molar-refractivity contribution >= 4 is 17.5 Å². The van der Waals surface area contributed by atoms with Crippen LogP contribution in [0.25, 0.3) is 0 Å². The number of Topliss-reactive ketones (excluding diaryl/α,β-unsaturated/α-hetero) is 1. The maximum Gasteiger partial charge on any atom is 0.269 e. The molecule has 0 aliphatic carbocycles. The molecular weight excluding hydrogens is 590 g/mol. The average Bonchev–Trinajstić information content (AvgIpc) is 3.52. The Bertz CT molecular complexity index is 923. The van der Waals surface area contributed by atoms with Crippen LogP contribution < -0.4 is 0 Å². The number of ether oxygens (including phenoxy) is 7. The van der Waals surface area contributed by atoms with Crippen molar-refractivity contribution < 1.29 is 47.4 Å². The van der Waals surface area contributed by atoms with Gasteiger partial charge in [-0.25, -0.2) is 9.98 Å². The normalized spacial score (nSPS) is 13.0. The summed E-state index contributed by atoms with van der Waals surface area (Å²) in [6, 6.07) is 2.70. The Balaban J connectivity index is 1.74. The Hall–Kier alpha value is -2.46. The van der Waals surface area contributed by atoms with Crippen LogP contribution in [0.2, 0.25) is 0 Å². The molecule has 1 rings (SSSR count). The number of carbonyl (C=O) groups is 1. The van der Waals surface area contributed by atoms with E-state index in [2.05, 4.69) is 35.1 Å². The molecule has 0 atom stereocenters. The van der Waals surface area contributed by atoms with Crippen molar-refractivity contribution in [2.24, 2.45) is 15.0 Å². The van der Waals surface area contributed by atoms with Gasteiger partial charge < -0.3 is 37.6 Å². The van der Waals surface area contributed by atoms with E-state index in [0.29, 0.717) is 98.9 Å². The maximum absolute atomic E-state index is 12.0. The van der Waals surface area contributed by atoms with Gasteiger partial charge in [-0.2, -0.15) is 0 Å². The van der Waals surface area contributed by atoms with Gasteiger partial charge in [-0.15, -0.1) is 0 Å². The first-order chi connectivity index (χ1) is 21.9. The van der Waals surface area contributed by atoms with Crippen LogP contribution in [-0.2, 0) is 38.0 Å². The first kappa shape index (κ1) is 40.6. The molecule has 1 aliphatic heterocycles. The van der Waals surface area contributed by atoms with E-state index in [1.54, 1.807) is 0 Å². The van der Waals surface area contributed by atoms with Gasteiger partial charge in [-0.3, -0.25) is 19.9 Å². The fraction of sp³-hybridized carbons (Fsp3) is 0.833. The van der Waals surface area contributed by atoms with Gasteiger partial charge in [-0.05, 0) is 13.3 Å². The number of nitrogens with zero attached hydrogens (tertiary/aromatic N) is 5. The van der Waals surface area contributed by atoms with Gasteiger partial charge >= 0.3 is 0 Å². The van der Waals surface area contributed by atoms with Crippen LogP contribution in [0, 0.1) is 10.1 Å². The molecule has 0 amide bonds. The standard InChI is InChI=1S/C30H54N5O10/c1-4-31-27-32-8-6-9-35(2,3)10-12-40-14-16-42-18-20-44-22-24-45-23-21-43-19-17-41-15-13-39-11-5-7-30(36)29-25-28(26-33-29)34(37)38/h25H,4-24,26H2,1-3H3/q+1. The summed E-state index contributed by atoms with van der Waals surface area (Å²) in [5, 5.41) is 10.7. The van der Waals surface area contributed by atoms with Crippen molar-refractivity contribution in [2.75, 3.05) is 139 Å². The molecule has 0 saturated carbocycles. The van der Waals surface area contributed by atoms with E-state index in [1.165, 1.54) is 6.08 Å². The molecule has 0 fully saturated rings. The number of allylic oxidation sites excluding steroid dienone is 1. The fourth-order valence-electron chi connectivity index (χ4n) is 3.75. The monoisotopic (exact) mass is 644 g/mol. The van der Waals surface area contributed by atoms with Crippen molar-refractivity contribution in [1.29, 1.82) is 0 Å². The molecule has 0 radical (unpaired) electrons. The fourth-order valence-corrected chi connectivity index (χ4v) is 3.75. The van der Waals surface area contributed by atoms with Gasteiger partial charge in [0.1, 0.15) is 18.8 Å². The highest BCUT2D eigenvalue weighted by Crippen LogP contribution is 2.08. The van der Waals surface area contributed by atoms with E-state index in [4.69, 9.17) is 33.2 Å². The summed E-state index contributed by atoms with van der Waals surface area (Å²) in [5.41, 5.74) is 0.113. The molecule has 0 aromatic heterocycles. The van der Waals surface area contributed by atoms with Crippen molar-refractivity contribution in [3.63, 3.8) is 0 Å². The number of hydrogen-bond acceptors (Lipinski definition) is 13. The summed E-state index contributed by atoms with van der Waals surface area (Å²) in [6.07, 6.45) is 3.00. The summed E-state index contributed by atoms with van der Waals surface area (Å²) in [6.45, 7) is 12.3. The zero-order valence-corrected chi connectivity index (χ0v) is 27.5. The summed E-state index contributed by atoms with van der Waals surface area (Å²) >= 11 is 0. The third kappa shape index (κ3) is 24.4. The predicted octanol–water partition coefficient (Wildman–Crippen LogP) is 1.73. The minimum absolute atomic E-state index is 0.0458. The van der Waals surface area contributed by atoms with Crippen molar-refractivity contribution in [1.82, 2.24) is 0 Å². The first-order valence-corrected chi connectivity index (χ1v) is 15.7. The lowest BCUT2D eigenvalue weighted by Crippen LogP contribution is -2.43. The molecule has 0 unspecified atom stereocenters. The lowest BCUT2D eigenvalue weighted by Gasteiger charge is -2.29. The third-order valence-corrected chi connectivity index (χ3v) is 6.33. The maximum atomic E-state index is 12.0. The lowest BCUT2D eigenvalue weighted by atomic mass is 10.1. The van der Waals surface area contributed by atoms with E-state index in [-0.39, 0.29) is 30.2 Å². The number of carbonyl (C=O) groups excluding carboxylic acids is 1. The number of hydrogen-bond donors (Lipinski definition) is 0. The zero-order chi connectivity index (χ0) is 32.9. The summed E-state index contributed by atoms with van der Waals surface area (Å²) in [5.74, 6) is -0.208. The number of ketones is 1.